The van der Waals surface area contributed by atoms with Gasteiger partial charge in [0, 0.05) is 10.6 Å². The molecule has 0 aliphatic rings. The van der Waals surface area contributed by atoms with Crippen LogP contribution < -0.4 is 9.29 Å². The van der Waals surface area contributed by atoms with E-state index in [4.69, 9.17) is 16.3 Å². The maximum Gasteiger partial charge on any atom is 0.219 e. The molecule has 0 unspecified atom stereocenters. The normalized spacial score (nSPS) is 9.64. The zero-order valence-corrected chi connectivity index (χ0v) is 7.95. The fraction of sp³-hybridized carbons (Fsp3) is 0.333. The fourth-order valence-electron chi connectivity index (χ4n) is 0.633. The summed E-state index contributed by atoms with van der Waals surface area (Å²) in [5, 5.41) is 7.74. The van der Waals surface area contributed by atoms with Crippen molar-refractivity contribution in [3.05, 3.63) is 11.2 Å². The van der Waals surface area contributed by atoms with Crippen LogP contribution in [0.4, 0.5) is 0 Å². The lowest BCUT2D eigenvalue weighted by atomic mass is 10.5. The monoisotopic (exact) mass is 184 g/mol. The van der Waals surface area contributed by atoms with E-state index in [2.05, 4.69) is 26.5 Å². The minimum atomic E-state index is 0.347. The van der Waals surface area contributed by atoms with Gasteiger partial charge in [-0.2, -0.15) is 5.10 Å². The van der Waals surface area contributed by atoms with Crippen molar-refractivity contribution in [3.63, 3.8) is 0 Å². The van der Waals surface area contributed by atoms with Gasteiger partial charge in [0.15, 0.2) is 5.15 Å². The van der Waals surface area contributed by atoms with E-state index in [1.54, 1.807) is 6.07 Å². The summed E-state index contributed by atoms with van der Waals surface area (Å²) in [5.74, 6) is 0.664. The Hall–Kier alpha value is -0.298. The second-order valence-corrected chi connectivity index (χ2v) is 2.78. The Balaban J connectivity index is 2.93. The first-order valence-corrected chi connectivity index (χ1v) is 4.11. The van der Waals surface area contributed by atoms with Crippen molar-refractivity contribution in [3.8, 4) is 5.75 Å². The first-order valence-electron chi connectivity index (χ1n) is 3.15. The van der Waals surface area contributed by atoms with E-state index in [1.165, 1.54) is 0 Å². The van der Waals surface area contributed by atoms with Gasteiger partial charge in [-0.1, -0.05) is 11.6 Å². The molecule has 11 heavy (non-hydrogen) atoms. The van der Waals surface area contributed by atoms with Gasteiger partial charge in [0.1, 0.15) is 5.75 Å². The molecule has 0 spiro atoms. The summed E-state index contributed by atoms with van der Waals surface area (Å²) in [6.45, 7) is 2.50. The average molecular weight is 185 g/mol. The lowest BCUT2D eigenvalue weighted by Gasteiger charge is -2.05. The first-order chi connectivity index (χ1) is 5.24. The number of halogens is 1. The van der Waals surface area contributed by atoms with Gasteiger partial charge in [-0.25, -0.2) is 0 Å². The van der Waals surface area contributed by atoms with Gasteiger partial charge in [0.2, 0.25) is 16.3 Å². The van der Waals surface area contributed by atoms with Gasteiger partial charge in [-0.3, -0.25) is 0 Å². The molecule has 0 aromatic carbocycles. The molecular weight excluding hydrogens is 179 g/mol. The van der Waals surface area contributed by atoms with E-state index in [1.807, 2.05) is 6.92 Å². The van der Waals surface area contributed by atoms with Crippen LogP contribution in [-0.2, 0) is 0 Å². The molecule has 0 saturated heterocycles. The smallest absolute Gasteiger partial charge is 0.219 e. The summed E-state index contributed by atoms with van der Waals surface area (Å²) in [6, 6.07) is 1.64. The summed E-state index contributed by atoms with van der Waals surface area (Å²) >= 11 is 8.02. The van der Waals surface area contributed by atoms with Gasteiger partial charge in [0.05, 0.1) is 6.61 Å². The Morgan fingerprint density at radius 3 is 3.00 bits per heavy atom. The number of hydrogen-bond acceptors (Lipinski definition) is 3. The molecule has 56 valence electrons. The minimum Gasteiger partial charge on any atom is -0.494 e. The minimum absolute atomic E-state index is 0.347. The first kappa shape index (κ1) is 8.80. The van der Waals surface area contributed by atoms with Gasteiger partial charge in [-0.15, -0.1) is 5.10 Å². The summed E-state index contributed by atoms with van der Waals surface area (Å²) < 4.78 is 5.89. The maximum atomic E-state index is 5.59. The molecule has 1 aromatic heterocycles. The molecule has 3 nitrogen and oxygen atoms in total. The van der Waals surface area contributed by atoms with Crippen LogP contribution in [0.5, 0.6) is 5.75 Å². The number of aromatic nitrogens is 2. The van der Waals surface area contributed by atoms with E-state index in [-0.39, 0.29) is 0 Å². The summed E-state index contributed by atoms with van der Waals surface area (Å²) in [7, 11) is 0. The molecule has 0 atom stereocenters. The molecule has 1 aromatic rings. The second-order valence-electron chi connectivity index (χ2n) is 1.85. The largest absolute Gasteiger partial charge is 0.494 e. The zero-order chi connectivity index (χ0) is 8.27. The maximum absolute atomic E-state index is 5.59. The van der Waals surface area contributed by atoms with E-state index in [9.17, 15) is 0 Å². The van der Waals surface area contributed by atoms with Crippen LogP contribution >= 0.6 is 11.6 Å². The van der Waals surface area contributed by atoms with Crippen molar-refractivity contribution < 1.29 is 4.74 Å². The highest BCUT2D eigenvalue weighted by Crippen LogP contribution is 2.09. The Morgan fingerprint density at radius 2 is 2.36 bits per heavy atom. The standard InChI is InChI=1S/C6H6ClN2O.Al/c1-2-10-5-3-6(7)9-8-4-5;/h3H,2H2,1H3;. The van der Waals surface area contributed by atoms with Gasteiger partial charge in [-0.05, 0) is 6.92 Å². The molecule has 2 radical (unpaired) electrons. The van der Waals surface area contributed by atoms with Crippen molar-refractivity contribution >= 4 is 32.4 Å². The Labute approximate surface area is 78.1 Å². The molecule has 0 saturated carbocycles. The molecule has 1 heterocycles. The molecule has 0 N–H and O–H groups in total. The number of rotatable bonds is 2. The number of nitrogens with zero attached hydrogens (tertiary/aromatic N) is 2. The molecule has 0 aliphatic carbocycles. The van der Waals surface area contributed by atoms with Crippen LogP contribution in [0.25, 0.3) is 0 Å². The molecule has 0 fully saturated rings. The highest BCUT2D eigenvalue weighted by Gasteiger charge is 1.99. The van der Waals surface area contributed by atoms with Crippen LogP contribution in [0.1, 0.15) is 6.92 Å². The Kier molecular flexibility index (Phi) is 3.13. The van der Waals surface area contributed by atoms with Crippen LogP contribution in [0.3, 0.4) is 0 Å². The highest BCUT2D eigenvalue weighted by molar-refractivity contribution is 6.33. The third kappa shape index (κ3) is 2.33. The number of ether oxygens (including phenoxy) is 1. The van der Waals surface area contributed by atoms with E-state index in [0.717, 1.165) is 0 Å². The quantitative estimate of drug-likeness (QED) is 0.621. The van der Waals surface area contributed by atoms with Crippen molar-refractivity contribution in [2.75, 3.05) is 6.61 Å². The third-order valence-electron chi connectivity index (χ3n) is 1.06. The lowest BCUT2D eigenvalue weighted by molar-refractivity contribution is 0.341. The van der Waals surface area contributed by atoms with Crippen molar-refractivity contribution in [2.24, 2.45) is 0 Å². The van der Waals surface area contributed by atoms with Crippen LogP contribution in [-0.4, -0.2) is 33.1 Å². The van der Waals surface area contributed by atoms with Gasteiger partial charge < -0.3 is 4.74 Å². The summed E-state index contributed by atoms with van der Waals surface area (Å²) in [4.78, 5) is 0. The number of hydrogen-bond donors (Lipinski definition) is 0. The van der Waals surface area contributed by atoms with Crippen molar-refractivity contribution in [2.45, 2.75) is 6.92 Å². The Bertz CT molecular complexity index is 256. The molecule has 0 amide bonds. The highest BCUT2D eigenvalue weighted by atomic mass is 35.5. The van der Waals surface area contributed by atoms with Crippen LogP contribution in [0, 0.1) is 0 Å². The van der Waals surface area contributed by atoms with Crippen LogP contribution in [0.15, 0.2) is 6.07 Å². The van der Waals surface area contributed by atoms with E-state index >= 15 is 0 Å². The molecular formula is C6H6AlClN2O. The Morgan fingerprint density at radius 1 is 1.64 bits per heavy atom. The molecule has 0 bridgehead atoms. The molecule has 0 aliphatic heterocycles. The second kappa shape index (κ2) is 3.91. The van der Waals surface area contributed by atoms with Crippen molar-refractivity contribution in [1.29, 1.82) is 0 Å². The summed E-state index contributed by atoms with van der Waals surface area (Å²) in [5.41, 5.74) is 0. The van der Waals surface area contributed by atoms with Crippen LogP contribution in [0.2, 0.25) is 5.15 Å². The predicted molar refractivity (Wildman–Crippen MR) is 43.6 cm³/mol. The third-order valence-corrected chi connectivity index (χ3v) is 1.64. The average Bonchev–Trinajstić information content (AvgIpc) is 1.98. The van der Waals surface area contributed by atoms with E-state index in [0.29, 0.717) is 22.1 Å². The molecule has 1 rings (SSSR count). The summed E-state index contributed by atoms with van der Waals surface area (Å²) in [6.07, 6.45) is 0. The fourth-order valence-corrected chi connectivity index (χ4v) is 0.994. The lowest BCUT2D eigenvalue weighted by Crippen LogP contribution is -2.14. The SMILES string of the molecule is CCOc1cc(Cl)nn[c]1[Al]. The van der Waals surface area contributed by atoms with Gasteiger partial charge in [0.25, 0.3) is 0 Å². The zero-order valence-electron chi connectivity index (χ0n) is 6.04. The van der Waals surface area contributed by atoms with Gasteiger partial charge >= 0.3 is 0 Å². The van der Waals surface area contributed by atoms with Crippen molar-refractivity contribution in [1.82, 2.24) is 10.2 Å². The topological polar surface area (TPSA) is 35.0 Å². The van der Waals surface area contributed by atoms with E-state index < -0.39 is 0 Å². The predicted octanol–water partition coefficient (Wildman–Crippen LogP) is 0.322. The molecule has 5 heteroatoms.